The monoisotopic (exact) mass is 423 g/mol. The van der Waals surface area contributed by atoms with Crippen molar-refractivity contribution >= 4 is 41.4 Å². The van der Waals surface area contributed by atoms with Crippen LogP contribution in [0.5, 0.6) is 0 Å². The minimum absolute atomic E-state index is 0. The molecule has 0 spiro atoms. The van der Waals surface area contributed by atoms with E-state index in [9.17, 15) is 5.11 Å². The predicted molar refractivity (Wildman–Crippen MR) is 122 cm³/mol. The molecule has 6 heteroatoms. The first-order chi connectivity index (χ1) is 13.3. The van der Waals surface area contributed by atoms with Gasteiger partial charge in [0.15, 0.2) is 0 Å². The molecule has 0 saturated heterocycles. The molecule has 0 saturated carbocycles. The molecule has 0 aliphatic rings. The summed E-state index contributed by atoms with van der Waals surface area (Å²) < 4.78 is 2.03. The van der Waals surface area contributed by atoms with E-state index in [2.05, 4.69) is 29.4 Å². The number of halogens is 2. The Labute approximate surface area is 180 Å². The summed E-state index contributed by atoms with van der Waals surface area (Å²) >= 11 is 0. The Morgan fingerprint density at radius 3 is 2.52 bits per heavy atom. The zero-order valence-electron chi connectivity index (χ0n) is 15.4. The second kappa shape index (κ2) is 8.62. The number of benzene rings is 2. The van der Waals surface area contributed by atoms with Gasteiger partial charge < -0.3 is 9.51 Å². The van der Waals surface area contributed by atoms with Gasteiger partial charge in [-0.05, 0) is 47.0 Å². The van der Waals surface area contributed by atoms with Gasteiger partial charge in [0.2, 0.25) is 0 Å². The number of hydrogen-bond acceptors (Lipinski definition) is 3. The van der Waals surface area contributed by atoms with Gasteiger partial charge in [-0.15, -0.1) is 24.8 Å². The van der Waals surface area contributed by atoms with Crippen molar-refractivity contribution in [2.75, 3.05) is 0 Å². The molecule has 0 radical (unpaired) electrons. The highest BCUT2D eigenvalue weighted by Crippen LogP contribution is 2.25. The van der Waals surface area contributed by atoms with Crippen LogP contribution >= 0.6 is 24.8 Å². The Hall–Kier alpha value is -2.92. The number of imidazole rings is 1. The molecule has 0 bridgehead atoms. The summed E-state index contributed by atoms with van der Waals surface area (Å²) in [5, 5.41) is 10.5. The van der Waals surface area contributed by atoms with Gasteiger partial charge in [0.1, 0.15) is 5.65 Å². The quantitative estimate of drug-likeness (QED) is 0.413. The summed E-state index contributed by atoms with van der Waals surface area (Å²) in [6, 6.07) is 22.2. The molecular formula is C23H19Cl2N3O. The lowest BCUT2D eigenvalue weighted by Crippen LogP contribution is -1.87. The maximum absolute atomic E-state index is 9.36. The van der Waals surface area contributed by atoms with Crippen LogP contribution in [0.25, 0.3) is 38.9 Å². The molecule has 0 amide bonds. The summed E-state index contributed by atoms with van der Waals surface area (Å²) in [5.41, 5.74) is 6.83. The summed E-state index contributed by atoms with van der Waals surface area (Å²) in [6.45, 7) is 0.0419. The van der Waals surface area contributed by atoms with Crippen LogP contribution in [0.4, 0.5) is 0 Å². The minimum atomic E-state index is 0. The zero-order chi connectivity index (χ0) is 18.2. The van der Waals surface area contributed by atoms with E-state index in [1.54, 1.807) is 0 Å². The SMILES string of the molecule is Cl.Cl.OCc1cccc(-c2ccc3nc(-c4cnc5ccccc5c4)cn3c2)c1. The van der Waals surface area contributed by atoms with Crippen LogP contribution in [0.15, 0.2) is 85.3 Å². The van der Waals surface area contributed by atoms with E-state index in [0.717, 1.165) is 44.5 Å². The Morgan fingerprint density at radius 2 is 1.66 bits per heavy atom. The maximum Gasteiger partial charge on any atom is 0.137 e. The first-order valence-corrected chi connectivity index (χ1v) is 8.84. The van der Waals surface area contributed by atoms with Gasteiger partial charge in [-0.3, -0.25) is 4.98 Å². The molecule has 3 heterocycles. The van der Waals surface area contributed by atoms with Gasteiger partial charge in [0.05, 0.1) is 17.8 Å². The summed E-state index contributed by atoms with van der Waals surface area (Å²) in [5.74, 6) is 0. The van der Waals surface area contributed by atoms with Crippen LogP contribution < -0.4 is 0 Å². The Bertz CT molecular complexity index is 1280. The average molecular weight is 424 g/mol. The van der Waals surface area contributed by atoms with Gasteiger partial charge >= 0.3 is 0 Å². The van der Waals surface area contributed by atoms with E-state index in [0.29, 0.717) is 0 Å². The smallest absolute Gasteiger partial charge is 0.137 e. The lowest BCUT2D eigenvalue weighted by molar-refractivity contribution is 0.282. The first-order valence-electron chi connectivity index (χ1n) is 8.84. The standard InChI is InChI=1S/C23H17N3O.2ClH/c27-15-16-4-3-6-17(10-16)19-8-9-23-25-22(14-26(23)13-19)20-11-18-5-1-2-7-21(18)24-12-20;;/h1-14,27H,15H2;2*1H. The molecule has 0 aliphatic carbocycles. The molecule has 0 unspecified atom stereocenters. The molecule has 29 heavy (non-hydrogen) atoms. The Balaban J connectivity index is 0.00000120. The fourth-order valence-corrected chi connectivity index (χ4v) is 3.36. The molecular weight excluding hydrogens is 405 g/mol. The van der Waals surface area contributed by atoms with Crippen LogP contribution in [-0.2, 0) is 6.61 Å². The first kappa shape index (κ1) is 20.8. The third-order valence-electron chi connectivity index (χ3n) is 4.78. The van der Waals surface area contributed by atoms with Crippen molar-refractivity contribution in [2.45, 2.75) is 6.61 Å². The number of para-hydroxylation sites is 1. The molecule has 5 rings (SSSR count). The number of aliphatic hydroxyl groups excluding tert-OH is 1. The van der Waals surface area contributed by atoms with Crippen molar-refractivity contribution in [2.24, 2.45) is 0 Å². The zero-order valence-corrected chi connectivity index (χ0v) is 17.0. The van der Waals surface area contributed by atoms with Crippen molar-refractivity contribution in [3.63, 3.8) is 0 Å². The van der Waals surface area contributed by atoms with Gasteiger partial charge in [0.25, 0.3) is 0 Å². The summed E-state index contributed by atoms with van der Waals surface area (Å²) in [6.07, 6.45) is 5.97. The van der Waals surface area contributed by atoms with Gasteiger partial charge in [-0.25, -0.2) is 4.98 Å². The number of hydrogen-bond donors (Lipinski definition) is 1. The predicted octanol–water partition coefficient (Wildman–Crippen LogP) is 5.55. The molecule has 1 N–H and O–H groups in total. The molecule has 0 aliphatic heterocycles. The fourth-order valence-electron chi connectivity index (χ4n) is 3.36. The van der Waals surface area contributed by atoms with Crippen molar-refractivity contribution in [3.05, 3.63) is 90.9 Å². The number of aromatic nitrogens is 3. The van der Waals surface area contributed by atoms with Crippen LogP contribution in [0.3, 0.4) is 0 Å². The van der Waals surface area contributed by atoms with Crippen LogP contribution in [-0.4, -0.2) is 19.5 Å². The molecule has 0 atom stereocenters. The highest BCUT2D eigenvalue weighted by molar-refractivity contribution is 5.85. The second-order valence-electron chi connectivity index (χ2n) is 6.58. The number of aliphatic hydroxyl groups is 1. The number of rotatable bonds is 3. The minimum Gasteiger partial charge on any atom is -0.392 e. The van der Waals surface area contributed by atoms with Crippen LogP contribution in [0.1, 0.15) is 5.56 Å². The third-order valence-corrected chi connectivity index (χ3v) is 4.78. The van der Waals surface area contributed by atoms with E-state index in [4.69, 9.17) is 4.98 Å². The summed E-state index contributed by atoms with van der Waals surface area (Å²) in [7, 11) is 0. The Morgan fingerprint density at radius 1 is 0.793 bits per heavy atom. The van der Waals surface area contributed by atoms with E-state index in [1.807, 2.05) is 65.3 Å². The molecule has 4 nitrogen and oxygen atoms in total. The van der Waals surface area contributed by atoms with E-state index >= 15 is 0 Å². The summed E-state index contributed by atoms with van der Waals surface area (Å²) in [4.78, 5) is 9.28. The van der Waals surface area contributed by atoms with Gasteiger partial charge in [-0.2, -0.15) is 0 Å². The van der Waals surface area contributed by atoms with E-state index in [1.165, 1.54) is 0 Å². The van der Waals surface area contributed by atoms with Crippen LogP contribution in [0.2, 0.25) is 0 Å². The molecule has 146 valence electrons. The topological polar surface area (TPSA) is 50.4 Å². The molecule has 2 aromatic carbocycles. The Kier molecular flexibility index (Phi) is 6.18. The lowest BCUT2D eigenvalue weighted by Gasteiger charge is -2.04. The van der Waals surface area contributed by atoms with Crippen molar-refractivity contribution in [1.29, 1.82) is 0 Å². The van der Waals surface area contributed by atoms with Gasteiger partial charge in [0, 0.05) is 29.5 Å². The second-order valence-corrected chi connectivity index (χ2v) is 6.58. The highest BCUT2D eigenvalue weighted by Gasteiger charge is 2.08. The van der Waals surface area contributed by atoms with Crippen molar-refractivity contribution < 1.29 is 5.11 Å². The van der Waals surface area contributed by atoms with Crippen molar-refractivity contribution in [1.82, 2.24) is 14.4 Å². The third kappa shape index (κ3) is 3.96. The maximum atomic E-state index is 9.36. The molecule has 5 aromatic rings. The fraction of sp³-hybridized carbons (Fsp3) is 0.0435. The highest BCUT2D eigenvalue weighted by atomic mass is 35.5. The van der Waals surface area contributed by atoms with Crippen molar-refractivity contribution in [3.8, 4) is 22.4 Å². The van der Waals surface area contributed by atoms with Gasteiger partial charge in [-0.1, -0.05) is 36.4 Å². The van der Waals surface area contributed by atoms with E-state index in [-0.39, 0.29) is 31.4 Å². The normalized spacial score (nSPS) is 10.5. The largest absolute Gasteiger partial charge is 0.392 e. The molecule has 0 fully saturated rings. The average Bonchev–Trinajstić information content (AvgIpc) is 3.17. The lowest BCUT2D eigenvalue weighted by atomic mass is 10.1. The number of pyridine rings is 2. The van der Waals surface area contributed by atoms with Crippen LogP contribution in [0, 0.1) is 0 Å². The molecule has 3 aromatic heterocycles. The number of fused-ring (bicyclic) bond motifs is 2. The van der Waals surface area contributed by atoms with E-state index < -0.39 is 0 Å². The number of nitrogens with zero attached hydrogens (tertiary/aromatic N) is 3.